The topological polar surface area (TPSA) is 111 Å². The lowest BCUT2D eigenvalue weighted by molar-refractivity contribution is -0.121. The zero-order chi connectivity index (χ0) is 19.9. The van der Waals surface area contributed by atoms with E-state index in [1.54, 1.807) is 6.08 Å². The van der Waals surface area contributed by atoms with Crippen molar-refractivity contribution in [3.05, 3.63) is 66.5 Å². The second-order valence-electron chi connectivity index (χ2n) is 5.54. The molecule has 3 aromatic rings. The number of carbonyl (C=O) groups is 2. The first kappa shape index (κ1) is 19.2. The number of nitrogen functional groups attached to an aromatic ring is 1. The van der Waals surface area contributed by atoms with Crippen molar-refractivity contribution < 1.29 is 14.3 Å². The largest absolute Gasteiger partial charge is 0.451 e. The molecule has 1 aromatic carbocycles. The van der Waals surface area contributed by atoms with E-state index in [0.717, 1.165) is 11.3 Å². The van der Waals surface area contributed by atoms with Gasteiger partial charge in [0.1, 0.15) is 0 Å². The summed E-state index contributed by atoms with van der Waals surface area (Å²) in [5.41, 5.74) is 7.16. The number of hydrogen-bond acceptors (Lipinski definition) is 8. The van der Waals surface area contributed by atoms with Gasteiger partial charge in [0.2, 0.25) is 0 Å². The Kier molecular flexibility index (Phi) is 6.07. The Bertz CT molecular complexity index is 990. The van der Waals surface area contributed by atoms with Gasteiger partial charge in [0.05, 0.1) is 5.69 Å². The fraction of sp³-hybridized carbons (Fsp3) is 0.105. The third kappa shape index (κ3) is 4.38. The molecular formula is C19H17N5O3S. The van der Waals surface area contributed by atoms with Gasteiger partial charge in [-0.15, -0.1) is 17.9 Å². The molecule has 0 atom stereocenters. The van der Waals surface area contributed by atoms with E-state index in [1.807, 2.05) is 35.7 Å². The summed E-state index contributed by atoms with van der Waals surface area (Å²) in [4.78, 5) is 38.2. The molecule has 2 N–H and O–H groups in total. The lowest BCUT2D eigenvalue weighted by Gasteiger charge is -2.17. The van der Waals surface area contributed by atoms with Gasteiger partial charge in [0, 0.05) is 29.9 Å². The molecule has 2 heterocycles. The number of esters is 1. The van der Waals surface area contributed by atoms with Crippen LogP contribution in [0, 0.1) is 0 Å². The van der Waals surface area contributed by atoms with Crippen molar-refractivity contribution in [2.45, 2.75) is 0 Å². The summed E-state index contributed by atoms with van der Waals surface area (Å²) in [6, 6.07) is 9.62. The number of rotatable bonds is 7. The molecule has 0 aliphatic carbocycles. The molecule has 0 fully saturated rings. The zero-order valence-corrected chi connectivity index (χ0v) is 15.6. The maximum Gasteiger partial charge on any atom is 0.361 e. The van der Waals surface area contributed by atoms with Crippen molar-refractivity contribution in [3.63, 3.8) is 0 Å². The molecule has 0 saturated carbocycles. The van der Waals surface area contributed by atoms with Crippen LogP contribution in [0.2, 0.25) is 0 Å². The lowest BCUT2D eigenvalue weighted by atomic mass is 10.2. The van der Waals surface area contributed by atoms with Gasteiger partial charge in [-0.05, 0) is 0 Å². The summed E-state index contributed by atoms with van der Waals surface area (Å²) < 4.78 is 5.04. The van der Waals surface area contributed by atoms with E-state index >= 15 is 0 Å². The molecule has 3 rings (SSSR count). The molecule has 28 heavy (non-hydrogen) atoms. The predicted molar refractivity (Wildman–Crippen MR) is 107 cm³/mol. The number of ether oxygens (including phenoxy) is 1. The van der Waals surface area contributed by atoms with E-state index < -0.39 is 18.5 Å². The second-order valence-corrected chi connectivity index (χ2v) is 6.38. The molecule has 0 unspecified atom stereocenters. The summed E-state index contributed by atoms with van der Waals surface area (Å²) >= 11 is 1.32. The van der Waals surface area contributed by atoms with Gasteiger partial charge in [0.15, 0.2) is 23.3 Å². The number of aromatic nitrogens is 3. The zero-order valence-electron chi connectivity index (χ0n) is 14.8. The van der Waals surface area contributed by atoms with E-state index in [-0.39, 0.29) is 18.1 Å². The number of hydrogen-bond donors (Lipinski definition) is 1. The number of carbonyl (C=O) groups excluding carboxylic acids is 2. The van der Waals surface area contributed by atoms with Crippen molar-refractivity contribution in [2.75, 3.05) is 23.8 Å². The fourth-order valence-corrected chi connectivity index (χ4v) is 3.19. The normalized spacial score (nSPS) is 10.3. The van der Waals surface area contributed by atoms with Gasteiger partial charge in [-0.2, -0.15) is 0 Å². The number of benzene rings is 1. The highest BCUT2D eigenvalue weighted by Gasteiger charge is 2.21. The molecule has 0 saturated heterocycles. The summed E-state index contributed by atoms with van der Waals surface area (Å²) in [6.07, 6.45) is 4.25. The average Bonchev–Trinajstić information content (AvgIpc) is 3.21. The first-order valence-electron chi connectivity index (χ1n) is 8.26. The van der Waals surface area contributed by atoms with Gasteiger partial charge in [-0.25, -0.2) is 19.7 Å². The molecule has 142 valence electrons. The third-order valence-corrected chi connectivity index (χ3v) is 4.52. The SMILES string of the molecule is C=CCN(C(=O)COC(=O)c1nccnc1N)c1nc(-c2ccccc2)cs1. The van der Waals surface area contributed by atoms with Crippen molar-refractivity contribution >= 4 is 34.2 Å². The highest BCUT2D eigenvalue weighted by Crippen LogP contribution is 2.27. The Hall–Kier alpha value is -3.59. The lowest BCUT2D eigenvalue weighted by Crippen LogP contribution is -2.35. The van der Waals surface area contributed by atoms with Crippen molar-refractivity contribution in [1.29, 1.82) is 0 Å². The Balaban J connectivity index is 1.71. The van der Waals surface area contributed by atoms with Crippen LogP contribution in [0.25, 0.3) is 11.3 Å². The van der Waals surface area contributed by atoms with Crippen LogP contribution in [0.3, 0.4) is 0 Å². The van der Waals surface area contributed by atoms with Crippen LogP contribution >= 0.6 is 11.3 Å². The standard InChI is InChI=1S/C19H17N5O3S/c1-2-10-24(19-23-14(12-28-19)13-6-4-3-5-7-13)15(25)11-27-18(26)16-17(20)22-9-8-21-16/h2-9,12H,1,10-11H2,(H2,20,22). The van der Waals surface area contributed by atoms with Gasteiger partial charge in [-0.1, -0.05) is 36.4 Å². The Labute approximate surface area is 165 Å². The molecule has 2 aromatic heterocycles. The van der Waals surface area contributed by atoms with E-state index in [1.165, 1.54) is 28.6 Å². The molecular weight excluding hydrogens is 378 g/mol. The summed E-state index contributed by atoms with van der Waals surface area (Å²) in [7, 11) is 0. The molecule has 1 amide bonds. The molecule has 0 radical (unpaired) electrons. The number of thiazole rings is 1. The Morgan fingerprint density at radius 3 is 2.68 bits per heavy atom. The van der Waals surface area contributed by atoms with E-state index in [0.29, 0.717) is 5.13 Å². The highest BCUT2D eigenvalue weighted by atomic mass is 32.1. The second kappa shape index (κ2) is 8.87. The maximum atomic E-state index is 12.6. The molecule has 0 aliphatic heterocycles. The number of nitrogens with two attached hydrogens (primary N) is 1. The minimum atomic E-state index is -0.818. The molecule has 0 bridgehead atoms. The number of anilines is 2. The summed E-state index contributed by atoms with van der Waals surface area (Å²) in [6.45, 7) is 3.41. The Morgan fingerprint density at radius 2 is 1.96 bits per heavy atom. The van der Waals surface area contributed by atoms with Crippen LogP contribution in [0.4, 0.5) is 10.9 Å². The molecule has 0 spiro atoms. The minimum Gasteiger partial charge on any atom is -0.451 e. The number of amides is 1. The third-order valence-electron chi connectivity index (χ3n) is 3.65. The summed E-state index contributed by atoms with van der Waals surface area (Å²) in [5, 5.41) is 2.35. The van der Waals surface area contributed by atoms with Crippen molar-refractivity contribution in [2.24, 2.45) is 0 Å². The van der Waals surface area contributed by atoms with Crippen LogP contribution < -0.4 is 10.6 Å². The first-order valence-corrected chi connectivity index (χ1v) is 9.14. The fourth-order valence-electron chi connectivity index (χ4n) is 2.33. The average molecular weight is 395 g/mol. The Morgan fingerprint density at radius 1 is 1.21 bits per heavy atom. The van der Waals surface area contributed by atoms with Crippen molar-refractivity contribution in [1.82, 2.24) is 15.0 Å². The van der Waals surface area contributed by atoms with Crippen LogP contribution in [0.15, 0.2) is 60.8 Å². The van der Waals surface area contributed by atoms with Crippen molar-refractivity contribution in [3.8, 4) is 11.3 Å². The minimum absolute atomic E-state index is 0.0599. The van der Waals surface area contributed by atoms with E-state index in [9.17, 15) is 9.59 Å². The smallest absolute Gasteiger partial charge is 0.361 e. The van der Waals surface area contributed by atoms with E-state index in [2.05, 4.69) is 21.5 Å². The van der Waals surface area contributed by atoms with Crippen LogP contribution in [-0.2, 0) is 9.53 Å². The first-order chi connectivity index (χ1) is 13.6. The number of nitrogens with zero attached hydrogens (tertiary/aromatic N) is 4. The van der Waals surface area contributed by atoms with E-state index in [4.69, 9.17) is 10.5 Å². The molecule has 0 aliphatic rings. The van der Waals surface area contributed by atoms with Crippen LogP contribution in [0.1, 0.15) is 10.5 Å². The van der Waals surface area contributed by atoms with Crippen LogP contribution in [0.5, 0.6) is 0 Å². The van der Waals surface area contributed by atoms with Crippen LogP contribution in [-0.4, -0.2) is 40.0 Å². The highest BCUT2D eigenvalue weighted by molar-refractivity contribution is 7.14. The maximum absolute atomic E-state index is 12.6. The van der Waals surface area contributed by atoms with Gasteiger partial charge >= 0.3 is 5.97 Å². The quantitative estimate of drug-likeness (QED) is 0.483. The molecule has 9 heteroatoms. The molecule has 8 nitrogen and oxygen atoms in total. The monoisotopic (exact) mass is 395 g/mol. The van der Waals surface area contributed by atoms with Gasteiger partial charge in [0.25, 0.3) is 5.91 Å². The predicted octanol–water partition coefficient (Wildman–Crippen LogP) is 2.56. The van der Waals surface area contributed by atoms with Gasteiger partial charge < -0.3 is 10.5 Å². The van der Waals surface area contributed by atoms with Gasteiger partial charge in [-0.3, -0.25) is 9.69 Å². The summed E-state index contributed by atoms with van der Waals surface area (Å²) in [5.74, 6) is -1.32.